The number of anilines is 1. The summed E-state index contributed by atoms with van der Waals surface area (Å²) >= 11 is 0. The Bertz CT molecular complexity index is 740. The second kappa shape index (κ2) is 6.14. The molecule has 4 rings (SSSR count). The molecule has 0 bridgehead atoms. The summed E-state index contributed by atoms with van der Waals surface area (Å²) in [5.74, 6) is 1.24. The Morgan fingerprint density at radius 3 is 2.83 bits per heavy atom. The molecule has 0 aromatic heterocycles. The fraction of sp³-hybridized carbons (Fsp3) is 0.429. The predicted octanol–water partition coefficient (Wildman–Crippen LogP) is 5.15. The summed E-state index contributed by atoms with van der Waals surface area (Å²) in [7, 11) is 0. The first-order valence-electron chi connectivity index (χ1n) is 8.94. The lowest BCUT2D eigenvalue weighted by Crippen LogP contribution is -2.36. The molecular formula is C21H25NO2. The van der Waals surface area contributed by atoms with E-state index in [1.165, 1.54) is 11.1 Å². The minimum absolute atomic E-state index is 0.140. The number of phenolic OH excluding ortho intramolecular Hbond substituents is 1. The van der Waals surface area contributed by atoms with Gasteiger partial charge in [0.2, 0.25) is 0 Å². The fourth-order valence-electron chi connectivity index (χ4n) is 4.10. The highest BCUT2D eigenvalue weighted by molar-refractivity contribution is 5.59. The standard InChI is InChI=1S/C21H25NO2/c1-13(2)14-8-9-19-18(12-14)21-17(7-4-10-24-21)20(22-19)15-5-3-6-16(23)11-15/h3,5-6,8-9,11-13,17,20-23H,4,7,10H2,1-2H3/t17-,20-,21-/m0/s1. The van der Waals surface area contributed by atoms with Crippen molar-refractivity contribution in [1.82, 2.24) is 0 Å². The average molecular weight is 323 g/mol. The van der Waals surface area contributed by atoms with Crippen LogP contribution in [0.1, 0.15) is 61.4 Å². The van der Waals surface area contributed by atoms with Crippen molar-refractivity contribution in [3.05, 3.63) is 59.2 Å². The third-order valence-corrected chi connectivity index (χ3v) is 5.39. The molecule has 0 unspecified atom stereocenters. The molecule has 2 aromatic carbocycles. The highest BCUT2D eigenvalue weighted by atomic mass is 16.5. The van der Waals surface area contributed by atoms with Gasteiger partial charge in [0.05, 0.1) is 12.1 Å². The number of phenols is 1. The Labute approximate surface area is 143 Å². The molecule has 2 aromatic rings. The quantitative estimate of drug-likeness (QED) is 0.803. The molecule has 1 fully saturated rings. The second-order valence-corrected chi connectivity index (χ2v) is 7.32. The number of ether oxygens (including phenoxy) is 1. The van der Waals surface area contributed by atoms with Gasteiger partial charge < -0.3 is 15.2 Å². The average Bonchev–Trinajstić information content (AvgIpc) is 2.60. The molecule has 2 N–H and O–H groups in total. The molecule has 0 saturated carbocycles. The van der Waals surface area contributed by atoms with Crippen LogP contribution in [0.25, 0.3) is 0 Å². The van der Waals surface area contributed by atoms with E-state index >= 15 is 0 Å². The smallest absolute Gasteiger partial charge is 0.115 e. The number of rotatable bonds is 2. The minimum Gasteiger partial charge on any atom is -0.508 e. The summed E-state index contributed by atoms with van der Waals surface area (Å²) in [6.07, 6.45) is 2.38. The van der Waals surface area contributed by atoms with Gasteiger partial charge in [-0.25, -0.2) is 0 Å². The van der Waals surface area contributed by atoms with Crippen LogP contribution in [0.15, 0.2) is 42.5 Å². The minimum atomic E-state index is 0.140. The van der Waals surface area contributed by atoms with Crippen LogP contribution in [0.3, 0.4) is 0 Å². The van der Waals surface area contributed by atoms with Gasteiger partial charge in [-0.15, -0.1) is 0 Å². The van der Waals surface area contributed by atoms with Crippen LogP contribution in [-0.4, -0.2) is 11.7 Å². The van der Waals surface area contributed by atoms with Crippen LogP contribution in [0, 0.1) is 5.92 Å². The van der Waals surface area contributed by atoms with Gasteiger partial charge in [-0.3, -0.25) is 0 Å². The number of aromatic hydroxyl groups is 1. The van der Waals surface area contributed by atoms with Crippen LogP contribution in [0.4, 0.5) is 5.69 Å². The number of hydrogen-bond acceptors (Lipinski definition) is 3. The molecule has 2 heterocycles. The summed E-state index contributed by atoms with van der Waals surface area (Å²) in [5, 5.41) is 13.6. The van der Waals surface area contributed by atoms with E-state index in [1.54, 1.807) is 6.07 Å². The maximum atomic E-state index is 9.87. The van der Waals surface area contributed by atoms with E-state index in [9.17, 15) is 5.11 Å². The first-order valence-corrected chi connectivity index (χ1v) is 8.94. The van der Waals surface area contributed by atoms with Crippen molar-refractivity contribution in [3.63, 3.8) is 0 Å². The van der Waals surface area contributed by atoms with Crippen molar-refractivity contribution in [2.75, 3.05) is 11.9 Å². The zero-order valence-corrected chi connectivity index (χ0v) is 14.3. The van der Waals surface area contributed by atoms with E-state index in [0.29, 0.717) is 17.6 Å². The van der Waals surface area contributed by atoms with E-state index in [4.69, 9.17) is 4.74 Å². The fourth-order valence-corrected chi connectivity index (χ4v) is 4.10. The summed E-state index contributed by atoms with van der Waals surface area (Å²) < 4.78 is 6.22. The van der Waals surface area contributed by atoms with Gasteiger partial charge in [-0.05, 0) is 48.1 Å². The number of hydrogen-bond donors (Lipinski definition) is 2. The lowest BCUT2D eigenvalue weighted by molar-refractivity contribution is -0.0382. The Hall–Kier alpha value is -2.00. The SMILES string of the molecule is CC(C)c1ccc2c(c1)[C@H]1OCCC[C@H]1[C@H](c1cccc(O)c1)N2. The van der Waals surface area contributed by atoms with Crippen LogP contribution in [0.2, 0.25) is 0 Å². The van der Waals surface area contributed by atoms with Crippen LogP contribution < -0.4 is 5.32 Å². The highest BCUT2D eigenvalue weighted by Crippen LogP contribution is 2.49. The molecule has 3 heteroatoms. The maximum absolute atomic E-state index is 9.87. The van der Waals surface area contributed by atoms with E-state index in [-0.39, 0.29) is 12.1 Å². The molecule has 0 amide bonds. The Kier molecular flexibility index (Phi) is 3.97. The van der Waals surface area contributed by atoms with Gasteiger partial charge in [0.15, 0.2) is 0 Å². The molecular weight excluding hydrogens is 298 g/mol. The zero-order chi connectivity index (χ0) is 16.7. The Balaban J connectivity index is 1.77. The van der Waals surface area contributed by atoms with E-state index in [1.807, 2.05) is 12.1 Å². The molecule has 0 aliphatic carbocycles. The zero-order valence-electron chi connectivity index (χ0n) is 14.3. The monoisotopic (exact) mass is 323 g/mol. The molecule has 3 atom stereocenters. The number of benzene rings is 2. The Morgan fingerprint density at radius 2 is 2.04 bits per heavy atom. The van der Waals surface area contributed by atoms with Gasteiger partial charge in [0.1, 0.15) is 5.75 Å². The van der Waals surface area contributed by atoms with Gasteiger partial charge >= 0.3 is 0 Å². The molecule has 0 spiro atoms. The van der Waals surface area contributed by atoms with Gasteiger partial charge in [0.25, 0.3) is 0 Å². The number of nitrogens with one attached hydrogen (secondary N) is 1. The van der Waals surface area contributed by atoms with E-state index in [0.717, 1.165) is 30.7 Å². The third-order valence-electron chi connectivity index (χ3n) is 5.39. The highest BCUT2D eigenvalue weighted by Gasteiger charge is 2.39. The molecule has 2 aliphatic heterocycles. The lowest BCUT2D eigenvalue weighted by atomic mass is 9.77. The number of fused-ring (bicyclic) bond motifs is 3. The summed E-state index contributed by atoms with van der Waals surface area (Å²) in [6.45, 7) is 5.29. The van der Waals surface area contributed by atoms with Crippen molar-refractivity contribution in [2.45, 2.75) is 44.8 Å². The van der Waals surface area contributed by atoms with Crippen molar-refractivity contribution < 1.29 is 9.84 Å². The maximum Gasteiger partial charge on any atom is 0.115 e. The molecule has 0 radical (unpaired) electrons. The molecule has 3 nitrogen and oxygen atoms in total. The summed E-state index contributed by atoms with van der Waals surface area (Å²) in [5.41, 5.74) is 4.95. The largest absolute Gasteiger partial charge is 0.508 e. The molecule has 1 saturated heterocycles. The van der Waals surface area contributed by atoms with Crippen molar-refractivity contribution in [1.29, 1.82) is 0 Å². The van der Waals surface area contributed by atoms with Gasteiger partial charge in [-0.1, -0.05) is 38.1 Å². The molecule has 24 heavy (non-hydrogen) atoms. The first kappa shape index (κ1) is 15.5. The van der Waals surface area contributed by atoms with Gasteiger partial charge in [0, 0.05) is 23.8 Å². The van der Waals surface area contributed by atoms with Crippen molar-refractivity contribution >= 4 is 5.69 Å². The van der Waals surface area contributed by atoms with E-state index in [2.05, 4.69) is 43.4 Å². The topological polar surface area (TPSA) is 41.5 Å². The van der Waals surface area contributed by atoms with Gasteiger partial charge in [-0.2, -0.15) is 0 Å². The lowest BCUT2D eigenvalue weighted by Gasteiger charge is -2.43. The van der Waals surface area contributed by atoms with Crippen LogP contribution in [-0.2, 0) is 4.74 Å². The van der Waals surface area contributed by atoms with Crippen LogP contribution in [0.5, 0.6) is 5.75 Å². The van der Waals surface area contributed by atoms with Crippen LogP contribution >= 0.6 is 0 Å². The van der Waals surface area contributed by atoms with Crippen molar-refractivity contribution in [3.8, 4) is 5.75 Å². The Morgan fingerprint density at radius 1 is 1.17 bits per heavy atom. The second-order valence-electron chi connectivity index (χ2n) is 7.32. The molecule has 126 valence electrons. The third kappa shape index (κ3) is 2.67. The molecule has 2 aliphatic rings. The van der Waals surface area contributed by atoms with E-state index < -0.39 is 0 Å². The summed E-state index contributed by atoms with van der Waals surface area (Å²) in [6, 6.07) is 14.5. The predicted molar refractivity (Wildman–Crippen MR) is 96.4 cm³/mol. The van der Waals surface area contributed by atoms with Crippen molar-refractivity contribution in [2.24, 2.45) is 5.92 Å². The normalized spacial score (nSPS) is 25.7. The summed E-state index contributed by atoms with van der Waals surface area (Å²) in [4.78, 5) is 0. The first-order chi connectivity index (χ1) is 11.6.